The van der Waals surface area contributed by atoms with Gasteiger partial charge in [0.2, 0.25) is 0 Å². The maximum absolute atomic E-state index is 13.6. The van der Waals surface area contributed by atoms with E-state index in [0.29, 0.717) is 30.6 Å². The second-order valence-electron chi connectivity index (χ2n) is 10.3. The number of piperidine rings is 3. The molecule has 2 bridgehead atoms. The van der Waals surface area contributed by atoms with Crippen LogP contribution in [0.4, 0.5) is 26.3 Å². The summed E-state index contributed by atoms with van der Waals surface area (Å²) >= 11 is 0. The monoisotopic (exact) mass is 521 g/mol. The van der Waals surface area contributed by atoms with Gasteiger partial charge in [0.25, 0.3) is 0 Å². The minimum absolute atomic E-state index is 0.0397. The van der Waals surface area contributed by atoms with Crippen molar-refractivity contribution in [3.63, 3.8) is 0 Å². The molecule has 0 amide bonds. The summed E-state index contributed by atoms with van der Waals surface area (Å²) in [5, 5.41) is 12.5. The highest BCUT2D eigenvalue weighted by molar-refractivity contribution is 5.82. The molecule has 0 radical (unpaired) electrons. The molecule has 5 atom stereocenters. The van der Waals surface area contributed by atoms with E-state index in [9.17, 15) is 31.4 Å². The van der Waals surface area contributed by atoms with Crippen LogP contribution in [0, 0.1) is 11.8 Å². The summed E-state index contributed by atoms with van der Waals surface area (Å²) in [6.07, 6.45) is -5.99. The lowest BCUT2D eigenvalue weighted by molar-refractivity contribution is -0.984. The van der Waals surface area contributed by atoms with Crippen LogP contribution in [0.5, 0.6) is 0 Å². The van der Waals surface area contributed by atoms with Crippen molar-refractivity contribution in [3.8, 4) is 0 Å². The smallest absolute Gasteiger partial charge is 0.382 e. The van der Waals surface area contributed by atoms with Gasteiger partial charge in [-0.05, 0) is 41.8 Å². The Morgan fingerprint density at radius 3 is 2.35 bits per heavy atom. The number of benzene rings is 2. The van der Waals surface area contributed by atoms with Crippen LogP contribution >= 0.6 is 0 Å². The number of fused-ring (bicyclic) bond motifs is 4. The van der Waals surface area contributed by atoms with Crippen molar-refractivity contribution >= 4 is 10.9 Å². The average molecular weight is 522 g/mol. The van der Waals surface area contributed by atoms with E-state index in [1.54, 1.807) is 12.3 Å². The summed E-state index contributed by atoms with van der Waals surface area (Å²) in [4.78, 5) is 4.35. The number of aliphatic hydroxyl groups is 1. The minimum atomic E-state index is -4.91. The van der Waals surface area contributed by atoms with Crippen molar-refractivity contribution < 1.29 is 35.9 Å². The highest BCUT2D eigenvalue weighted by Crippen LogP contribution is 2.48. The fourth-order valence-electron chi connectivity index (χ4n) is 6.44. The second kappa shape index (κ2) is 9.13. The number of nitrogens with zero attached hydrogens (tertiary/aromatic N) is 2. The maximum atomic E-state index is 13.6. The predicted molar refractivity (Wildman–Crippen MR) is 127 cm³/mol. The topological polar surface area (TPSA) is 33.1 Å². The van der Waals surface area contributed by atoms with E-state index in [0.717, 1.165) is 23.9 Å². The molecule has 4 heterocycles. The Morgan fingerprint density at radius 1 is 1.03 bits per heavy atom. The van der Waals surface area contributed by atoms with Crippen molar-refractivity contribution in [2.24, 2.45) is 11.8 Å². The molecular formula is C28H27F6N2O+. The van der Waals surface area contributed by atoms with Gasteiger partial charge in [0.15, 0.2) is 0 Å². The van der Waals surface area contributed by atoms with E-state index in [1.165, 1.54) is 0 Å². The first-order chi connectivity index (χ1) is 17.4. The summed E-state index contributed by atoms with van der Waals surface area (Å²) < 4.78 is 81.6. The van der Waals surface area contributed by atoms with Gasteiger partial charge < -0.3 is 9.59 Å². The third-order valence-electron chi connectivity index (χ3n) is 8.19. The molecule has 3 aliphatic rings. The van der Waals surface area contributed by atoms with Gasteiger partial charge in [0, 0.05) is 35.9 Å². The van der Waals surface area contributed by atoms with Gasteiger partial charge in [-0.3, -0.25) is 4.98 Å². The molecule has 2 aromatic carbocycles. The zero-order chi connectivity index (χ0) is 26.6. The van der Waals surface area contributed by atoms with Gasteiger partial charge in [0.1, 0.15) is 18.7 Å². The Hall–Kier alpha value is -2.91. The number of hydrogen-bond donors (Lipinski definition) is 1. The van der Waals surface area contributed by atoms with Gasteiger partial charge in [0.05, 0.1) is 29.7 Å². The number of pyridine rings is 1. The summed E-state index contributed by atoms with van der Waals surface area (Å²) in [6, 6.07) is 10.5. The number of aliphatic hydroxyl groups excluding tert-OH is 1. The van der Waals surface area contributed by atoms with Crippen molar-refractivity contribution in [3.05, 3.63) is 89.6 Å². The zero-order valence-corrected chi connectivity index (χ0v) is 19.9. The molecule has 4 unspecified atom stereocenters. The van der Waals surface area contributed by atoms with Crippen molar-refractivity contribution in [2.75, 3.05) is 13.1 Å². The van der Waals surface area contributed by atoms with Crippen molar-refractivity contribution in [2.45, 2.75) is 43.9 Å². The van der Waals surface area contributed by atoms with Crippen LogP contribution in [0.3, 0.4) is 0 Å². The first kappa shape index (κ1) is 25.7. The molecule has 196 valence electrons. The van der Waals surface area contributed by atoms with Gasteiger partial charge in [-0.15, -0.1) is 6.58 Å². The molecule has 1 N–H and O–H groups in total. The number of hydrogen-bond acceptors (Lipinski definition) is 2. The first-order valence-corrected chi connectivity index (χ1v) is 12.2. The molecule has 0 spiro atoms. The number of para-hydroxylation sites is 1. The maximum Gasteiger partial charge on any atom is 0.416 e. The van der Waals surface area contributed by atoms with E-state index in [4.69, 9.17) is 0 Å². The number of aromatic nitrogens is 1. The fourth-order valence-corrected chi connectivity index (χ4v) is 6.44. The lowest BCUT2D eigenvalue weighted by Crippen LogP contribution is -2.67. The van der Waals surface area contributed by atoms with E-state index in [-0.39, 0.29) is 34.5 Å². The van der Waals surface area contributed by atoms with Crippen LogP contribution in [-0.4, -0.2) is 33.7 Å². The summed E-state index contributed by atoms with van der Waals surface area (Å²) in [5.74, 6) is 0.316. The molecule has 6 rings (SSSR count). The molecule has 1 aromatic heterocycles. The molecule has 3 aliphatic heterocycles. The molecule has 9 heteroatoms. The Balaban J connectivity index is 1.59. The van der Waals surface area contributed by atoms with Gasteiger partial charge in [-0.25, -0.2) is 0 Å². The molecule has 37 heavy (non-hydrogen) atoms. The lowest BCUT2D eigenvalue weighted by Gasteiger charge is -2.58. The van der Waals surface area contributed by atoms with Gasteiger partial charge in [-0.1, -0.05) is 24.3 Å². The SMILES string of the molecule is C=CC1C[N+]2(Cc3cc(C(F)(F)F)cc(C(F)(F)F)c3)CCC1C[C@H]2C(O)c1ccnc2ccccc12. The fraction of sp³-hybridized carbons (Fsp3) is 0.393. The largest absolute Gasteiger partial charge is 0.416 e. The normalized spacial score (nSPS) is 26.8. The highest BCUT2D eigenvalue weighted by Gasteiger charge is 2.54. The predicted octanol–water partition coefficient (Wildman–Crippen LogP) is 6.92. The third kappa shape index (κ3) is 4.75. The Kier molecular flexibility index (Phi) is 6.35. The molecule has 0 aliphatic carbocycles. The molecule has 3 aromatic rings. The third-order valence-corrected chi connectivity index (χ3v) is 8.19. The van der Waals surface area contributed by atoms with E-state index in [2.05, 4.69) is 11.6 Å². The van der Waals surface area contributed by atoms with E-state index < -0.39 is 35.6 Å². The van der Waals surface area contributed by atoms with Crippen LogP contribution in [0.25, 0.3) is 10.9 Å². The molecular weight excluding hydrogens is 494 g/mol. The van der Waals surface area contributed by atoms with Crippen LogP contribution in [-0.2, 0) is 18.9 Å². The molecule has 3 fully saturated rings. The molecule has 3 nitrogen and oxygen atoms in total. The Bertz CT molecular complexity index is 1280. The second-order valence-corrected chi connectivity index (χ2v) is 10.3. The Labute approximate surface area is 210 Å². The number of quaternary nitrogens is 1. The molecule has 3 saturated heterocycles. The van der Waals surface area contributed by atoms with Gasteiger partial charge in [-0.2, -0.15) is 26.3 Å². The number of alkyl halides is 6. The summed E-state index contributed by atoms with van der Waals surface area (Å²) in [5.41, 5.74) is -1.31. The van der Waals surface area contributed by atoms with E-state index >= 15 is 0 Å². The zero-order valence-electron chi connectivity index (χ0n) is 19.9. The highest BCUT2D eigenvalue weighted by atomic mass is 19.4. The van der Waals surface area contributed by atoms with Crippen LogP contribution in [0.1, 0.15) is 41.2 Å². The summed E-state index contributed by atoms with van der Waals surface area (Å²) in [7, 11) is 0. The standard InChI is InChI=1S/C28H27F6N2O/c1-2-18-16-36(15-17-11-20(27(29,30)31)14-21(12-17)28(32,33)34)10-8-19(18)13-25(36)26(37)23-7-9-35-24-6-4-3-5-22(23)24/h2-7,9,11-12,14,18-19,25-26,37H,1,8,10,13,15-16H2/q+1/t18?,19?,25-,26?,36?/m0/s1. The average Bonchev–Trinajstić information content (AvgIpc) is 2.86. The van der Waals surface area contributed by atoms with Crippen molar-refractivity contribution in [1.82, 2.24) is 4.98 Å². The molecule has 0 saturated carbocycles. The van der Waals surface area contributed by atoms with Gasteiger partial charge >= 0.3 is 12.4 Å². The van der Waals surface area contributed by atoms with E-state index in [1.807, 2.05) is 30.3 Å². The van der Waals surface area contributed by atoms with Crippen molar-refractivity contribution in [1.29, 1.82) is 0 Å². The minimum Gasteiger partial charge on any atom is -0.382 e. The van der Waals surface area contributed by atoms with Crippen LogP contribution in [0.15, 0.2) is 67.4 Å². The quantitative estimate of drug-likeness (QED) is 0.225. The Morgan fingerprint density at radius 2 is 1.70 bits per heavy atom. The van der Waals surface area contributed by atoms with Crippen LogP contribution in [0.2, 0.25) is 0 Å². The lowest BCUT2D eigenvalue weighted by atomic mass is 9.71. The van der Waals surface area contributed by atoms with Crippen LogP contribution < -0.4 is 0 Å². The first-order valence-electron chi connectivity index (χ1n) is 12.2. The number of halogens is 6. The number of rotatable bonds is 5. The summed E-state index contributed by atoms with van der Waals surface area (Å²) in [6.45, 7) is 4.93.